The van der Waals surface area contributed by atoms with Crippen LogP contribution >= 0.6 is 7.82 Å². The van der Waals surface area contributed by atoms with E-state index in [0.29, 0.717) is 6.42 Å². The van der Waals surface area contributed by atoms with Crippen molar-refractivity contribution >= 4 is 19.9 Å². The van der Waals surface area contributed by atoms with E-state index in [1.54, 1.807) is 0 Å². The Bertz CT molecular complexity index is 1620. The molecule has 0 unspecified atom stereocenters. The number of rotatable bonds is 24. The van der Waals surface area contributed by atoms with E-state index in [4.69, 9.17) is 23.0 Å². The molecular weight excluding hydrogens is 689 g/mol. The lowest BCUT2D eigenvalue weighted by atomic mass is 9.92. The molecule has 0 aromatic heterocycles. The first kappa shape index (κ1) is 41.5. The molecule has 0 aliphatic carbocycles. The van der Waals surface area contributed by atoms with Gasteiger partial charge in [-0.05, 0) is 53.5 Å². The summed E-state index contributed by atoms with van der Waals surface area (Å²) < 4.78 is 43.2. The van der Waals surface area contributed by atoms with Gasteiger partial charge in [0.1, 0.15) is 18.8 Å². The number of ether oxygens (including phenoxy) is 2. The summed E-state index contributed by atoms with van der Waals surface area (Å²) in [5.41, 5.74) is 3.28. The molecule has 1 atom stereocenters. The number of benzene rings is 4. The summed E-state index contributed by atoms with van der Waals surface area (Å²) in [6.45, 7) is 2.83. The van der Waals surface area contributed by atoms with Gasteiger partial charge in [-0.1, -0.05) is 154 Å². The first-order valence-corrected chi connectivity index (χ1v) is 20.0. The second-order valence-electron chi connectivity index (χ2n) is 13.3. The Morgan fingerprint density at radius 2 is 1.06 bits per heavy atom. The summed E-state index contributed by atoms with van der Waals surface area (Å²) in [5.74, 6) is -0.545. The molecule has 0 fully saturated rings. The minimum Gasteiger partial charge on any atom is -0.463 e. The van der Waals surface area contributed by atoms with Gasteiger partial charge in [0.25, 0.3) is 0 Å². The molecule has 4 rings (SSSR count). The summed E-state index contributed by atoms with van der Waals surface area (Å²) in [6, 6.07) is 36.3. The highest BCUT2D eigenvalue weighted by molar-refractivity contribution is 7.48. The summed E-state index contributed by atoms with van der Waals surface area (Å²) >= 11 is 0. The number of phosphoric ester groups is 1. The van der Waals surface area contributed by atoms with E-state index in [2.05, 4.69) is 36.5 Å². The van der Waals surface area contributed by atoms with Gasteiger partial charge in [0.05, 0.1) is 19.8 Å². The van der Waals surface area contributed by atoms with Gasteiger partial charge in [0.15, 0.2) is 0 Å². The molecule has 0 bridgehead atoms. The van der Waals surface area contributed by atoms with Crippen molar-refractivity contribution in [3.8, 4) is 0 Å². The predicted octanol–water partition coefficient (Wildman–Crippen LogP) is 10.3. The molecule has 10 heteroatoms. The van der Waals surface area contributed by atoms with Crippen LogP contribution in [0.5, 0.6) is 0 Å². The van der Waals surface area contributed by atoms with Gasteiger partial charge in [0, 0.05) is 6.92 Å². The fourth-order valence-corrected chi connectivity index (χ4v) is 6.92. The van der Waals surface area contributed by atoms with E-state index in [1.807, 2.05) is 91.0 Å². The number of esters is 1. The molecule has 0 aliphatic heterocycles. The van der Waals surface area contributed by atoms with Gasteiger partial charge >= 0.3 is 19.9 Å². The van der Waals surface area contributed by atoms with Crippen LogP contribution in [-0.2, 0) is 65.1 Å². The smallest absolute Gasteiger partial charge is 0.463 e. The van der Waals surface area contributed by atoms with E-state index in [0.717, 1.165) is 35.1 Å². The van der Waals surface area contributed by atoms with Crippen LogP contribution in [0, 0.1) is 0 Å². The number of phosphoric acid groups is 1. The van der Waals surface area contributed by atoms with Crippen molar-refractivity contribution in [3.63, 3.8) is 0 Å². The molecule has 0 saturated heterocycles. The quantitative estimate of drug-likeness (QED) is 0.0429. The van der Waals surface area contributed by atoms with Crippen LogP contribution in [0.2, 0.25) is 0 Å². The van der Waals surface area contributed by atoms with Crippen molar-refractivity contribution in [1.29, 1.82) is 0 Å². The number of hydrogen-bond donors (Lipinski definition) is 1. The lowest BCUT2D eigenvalue weighted by Crippen LogP contribution is -2.56. The van der Waals surface area contributed by atoms with Crippen molar-refractivity contribution in [1.82, 2.24) is 5.32 Å². The van der Waals surface area contributed by atoms with Gasteiger partial charge in [0.2, 0.25) is 0 Å². The van der Waals surface area contributed by atoms with Crippen molar-refractivity contribution in [2.75, 3.05) is 13.2 Å². The number of amides is 1. The highest BCUT2D eigenvalue weighted by Gasteiger charge is 2.39. The summed E-state index contributed by atoms with van der Waals surface area (Å²) in [5, 5.41) is 2.91. The van der Waals surface area contributed by atoms with Crippen molar-refractivity contribution in [2.24, 2.45) is 0 Å². The maximum absolute atomic E-state index is 14.3. The number of nitrogens with one attached hydrogen (secondary N) is 1. The Balaban J connectivity index is 1.53. The molecule has 4 aromatic carbocycles. The first-order chi connectivity index (χ1) is 25.8. The Morgan fingerprint density at radius 1 is 0.566 bits per heavy atom. The third-order valence-electron chi connectivity index (χ3n) is 8.83. The first-order valence-electron chi connectivity index (χ1n) is 18.6. The normalized spacial score (nSPS) is 12.5. The fraction of sp³-hybridized carbons (Fsp3) is 0.395. The summed E-state index contributed by atoms with van der Waals surface area (Å²) in [4.78, 5) is 25.6. The van der Waals surface area contributed by atoms with E-state index in [1.165, 1.54) is 44.6 Å². The standard InChI is InChI=1S/C43H54NO8P/c1-3-4-5-6-7-11-18-37-25-27-38(28-26-37)29-30-43(34-49-36(2)45,44-42(46)48-31-39-19-12-8-13-20-39)35-52-53(47,50-32-40-21-14-9-15-22-40)51-33-41-23-16-10-17-24-41/h8-10,12-17,19-28H,3-7,11,18,29-35H2,1-2H3,(H,44,46)/t43-/m0/s1. The van der Waals surface area contributed by atoms with Crippen LogP contribution < -0.4 is 5.32 Å². The number of alkyl carbamates (subject to hydrolysis) is 1. The van der Waals surface area contributed by atoms with Crippen molar-refractivity contribution in [3.05, 3.63) is 143 Å². The van der Waals surface area contributed by atoms with E-state index in [-0.39, 0.29) is 39.5 Å². The van der Waals surface area contributed by atoms with Crippen LogP contribution in [0.4, 0.5) is 4.79 Å². The van der Waals surface area contributed by atoms with E-state index in [9.17, 15) is 14.2 Å². The molecule has 0 saturated carbocycles. The van der Waals surface area contributed by atoms with Gasteiger partial charge in [-0.15, -0.1) is 0 Å². The summed E-state index contributed by atoms with van der Waals surface area (Å²) in [7, 11) is -4.26. The Morgan fingerprint density at radius 3 is 1.58 bits per heavy atom. The zero-order chi connectivity index (χ0) is 37.6. The minimum atomic E-state index is -4.26. The van der Waals surface area contributed by atoms with Crippen LogP contribution in [0.3, 0.4) is 0 Å². The number of unbranched alkanes of at least 4 members (excludes halogenated alkanes) is 5. The van der Waals surface area contributed by atoms with Crippen LogP contribution in [0.25, 0.3) is 0 Å². The van der Waals surface area contributed by atoms with Gasteiger partial charge < -0.3 is 14.8 Å². The second kappa shape index (κ2) is 22.7. The van der Waals surface area contributed by atoms with Gasteiger partial charge in [-0.3, -0.25) is 18.4 Å². The molecule has 1 N–H and O–H groups in total. The zero-order valence-corrected chi connectivity index (χ0v) is 32.0. The molecule has 1 amide bonds. The topological polar surface area (TPSA) is 109 Å². The fourth-order valence-electron chi connectivity index (χ4n) is 5.67. The maximum atomic E-state index is 14.3. The second-order valence-corrected chi connectivity index (χ2v) is 15.0. The molecule has 0 radical (unpaired) electrons. The predicted molar refractivity (Wildman–Crippen MR) is 207 cm³/mol. The van der Waals surface area contributed by atoms with E-state index < -0.39 is 25.4 Å². The number of aryl methyl sites for hydroxylation is 2. The molecule has 4 aromatic rings. The third kappa shape index (κ3) is 16.1. The Kier molecular flexibility index (Phi) is 17.8. The largest absolute Gasteiger partial charge is 0.475 e. The molecule has 0 heterocycles. The molecule has 0 spiro atoms. The highest BCUT2D eigenvalue weighted by atomic mass is 31.2. The monoisotopic (exact) mass is 743 g/mol. The Hall–Kier alpha value is -4.27. The molecule has 0 aliphatic rings. The van der Waals surface area contributed by atoms with Crippen molar-refractivity contribution < 1.29 is 37.2 Å². The molecule has 9 nitrogen and oxygen atoms in total. The number of carbonyl (C=O) groups is 2. The minimum absolute atomic E-state index is 0.0239. The molecular formula is C43H54NO8P. The zero-order valence-electron chi connectivity index (χ0n) is 31.1. The maximum Gasteiger partial charge on any atom is 0.475 e. The number of carbonyl (C=O) groups excluding carboxylic acids is 2. The molecule has 53 heavy (non-hydrogen) atoms. The lowest BCUT2D eigenvalue weighted by Gasteiger charge is -2.34. The van der Waals surface area contributed by atoms with Crippen molar-refractivity contribution in [2.45, 2.75) is 97.0 Å². The third-order valence-corrected chi connectivity index (χ3v) is 10.2. The summed E-state index contributed by atoms with van der Waals surface area (Å²) in [6.07, 6.45) is 8.48. The lowest BCUT2D eigenvalue weighted by molar-refractivity contribution is -0.143. The van der Waals surface area contributed by atoms with Crippen LogP contribution in [-0.4, -0.2) is 30.8 Å². The van der Waals surface area contributed by atoms with E-state index >= 15 is 0 Å². The van der Waals surface area contributed by atoms with Gasteiger partial charge in [-0.2, -0.15) is 0 Å². The molecule has 284 valence electrons. The average Bonchev–Trinajstić information content (AvgIpc) is 3.19. The van der Waals surface area contributed by atoms with Crippen LogP contribution in [0.1, 0.15) is 86.6 Å². The number of hydrogen-bond acceptors (Lipinski definition) is 8. The van der Waals surface area contributed by atoms with Crippen LogP contribution in [0.15, 0.2) is 115 Å². The SMILES string of the molecule is CCCCCCCCc1ccc(CC[C@](COC(C)=O)(COP(=O)(OCc2ccccc2)OCc2ccccc2)NC(=O)OCc2ccccc2)cc1. The highest BCUT2D eigenvalue weighted by Crippen LogP contribution is 2.51. The van der Waals surface area contributed by atoms with Gasteiger partial charge in [-0.25, -0.2) is 9.36 Å². The Labute approximate surface area is 315 Å². The average molecular weight is 744 g/mol.